The van der Waals surface area contributed by atoms with Crippen LogP contribution in [-0.4, -0.2) is 23.5 Å². The number of hydrogen-bond acceptors (Lipinski definition) is 4. The molecule has 0 saturated heterocycles. The van der Waals surface area contributed by atoms with Crippen LogP contribution in [0.15, 0.2) is 12.1 Å². The van der Waals surface area contributed by atoms with Crippen molar-refractivity contribution in [2.75, 3.05) is 6.61 Å². The topological polar surface area (TPSA) is 91.2 Å². The average Bonchev–Trinajstić information content (AvgIpc) is 2.20. The first-order chi connectivity index (χ1) is 7.99. The summed E-state index contributed by atoms with van der Waals surface area (Å²) in [7, 11) is 0. The molecule has 17 heavy (non-hydrogen) atoms. The Balaban J connectivity index is 2.72. The average molecular weight is 237 g/mol. The molecule has 0 aromatic carbocycles. The molecule has 1 atom stereocenters. The number of nitrogens with zero attached hydrogens (tertiary/aromatic N) is 1. The van der Waals surface area contributed by atoms with Crippen molar-refractivity contribution in [3.8, 4) is 5.75 Å². The summed E-state index contributed by atoms with van der Waals surface area (Å²) in [6.45, 7) is 4.10. The van der Waals surface area contributed by atoms with Gasteiger partial charge in [-0.15, -0.1) is 0 Å². The summed E-state index contributed by atoms with van der Waals surface area (Å²) >= 11 is 0. The van der Waals surface area contributed by atoms with Crippen LogP contribution in [0.25, 0.3) is 0 Å². The lowest BCUT2D eigenvalue weighted by Gasteiger charge is -2.12. The van der Waals surface area contributed by atoms with Crippen molar-refractivity contribution in [3.05, 3.63) is 23.5 Å². The third-order valence-corrected chi connectivity index (χ3v) is 2.19. The van der Waals surface area contributed by atoms with E-state index in [0.717, 1.165) is 11.4 Å². The summed E-state index contributed by atoms with van der Waals surface area (Å²) in [6, 6.07) is 3.73. The number of aryl methyl sites for hydroxylation is 1. The fourth-order valence-corrected chi connectivity index (χ4v) is 1.44. The second-order valence-corrected chi connectivity index (χ2v) is 4.14. The first-order valence-corrected chi connectivity index (χ1v) is 5.62. The van der Waals surface area contributed by atoms with Gasteiger partial charge in [0.2, 0.25) is 5.91 Å². The predicted octanol–water partition coefficient (Wildman–Crippen LogP) is 0.534. The number of nitrogens with two attached hydrogens (primary N) is 2. The van der Waals surface area contributed by atoms with Gasteiger partial charge in [0.05, 0.1) is 18.7 Å². The van der Waals surface area contributed by atoms with Crippen LogP contribution in [0.3, 0.4) is 0 Å². The number of pyridine rings is 1. The summed E-state index contributed by atoms with van der Waals surface area (Å²) in [5, 5.41) is 0. The van der Waals surface area contributed by atoms with Gasteiger partial charge in [0, 0.05) is 18.2 Å². The first kappa shape index (κ1) is 13.4. The number of carbonyl (C=O) groups is 1. The molecular weight excluding hydrogens is 218 g/mol. The molecule has 1 unspecified atom stereocenters. The van der Waals surface area contributed by atoms with E-state index in [1.807, 2.05) is 26.0 Å². The molecular formula is C12H19N3O2. The quantitative estimate of drug-likeness (QED) is 0.755. The smallest absolute Gasteiger partial charge is 0.220 e. The summed E-state index contributed by atoms with van der Waals surface area (Å²) in [5.74, 6) is 0.299. The number of rotatable bonds is 6. The molecule has 5 nitrogen and oxygen atoms in total. The molecule has 1 aromatic heterocycles. The molecule has 0 bridgehead atoms. The maximum Gasteiger partial charge on any atom is 0.220 e. The summed E-state index contributed by atoms with van der Waals surface area (Å²) in [4.78, 5) is 15.0. The Morgan fingerprint density at radius 2 is 2.24 bits per heavy atom. The van der Waals surface area contributed by atoms with Gasteiger partial charge in [-0.3, -0.25) is 9.78 Å². The molecule has 1 heterocycles. The third-order valence-electron chi connectivity index (χ3n) is 2.19. The minimum Gasteiger partial charge on any atom is -0.491 e. The van der Waals surface area contributed by atoms with Crippen molar-refractivity contribution < 1.29 is 9.53 Å². The van der Waals surface area contributed by atoms with Crippen LogP contribution in [0.4, 0.5) is 0 Å². The highest BCUT2D eigenvalue weighted by Crippen LogP contribution is 2.18. The zero-order valence-corrected chi connectivity index (χ0v) is 10.3. The zero-order valence-electron chi connectivity index (χ0n) is 10.3. The summed E-state index contributed by atoms with van der Waals surface area (Å²) in [6.07, 6.45) is 0.846. The van der Waals surface area contributed by atoms with Gasteiger partial charge in [-0.05, 0) is 26.0 Å². The van der Waals surface area contributed by atoms with Gasteiger partial charge in [0.15, 0.2) is 0 Å². The van der Waals surface area contributed by atoms with E-state index in [4.69, 9.17) is 16.2 Å². The van der Waals surface area contributed by atoms with E-state index in [-0.39, 0.29) is 25.0 Å². The Kier molecular flexibility index (Phi) is 4.90. The molecule has 0 aliphatic carbocycles. The van der Waals surface area contributed by atoms with Gasteiger partial charge in [0.25, 0.3) is 0 Å². The van der Waals surface area contributed by atoms with E-state index in [0.29, 0.717) is 12.2 Å². The molecule has 1 amide bonds. The van der Waals surface area contributed by atoms with Crippen LogP contribution < -0.4 is 16.2 Å². The van der Waals surface area contributed by atoms with E-state index >= 15 is 0 Å². The van der Waals surface area contributed by atoms with E-state index < -0.39 is 0 Å². The van der Waals surface area contributed by atoms with Crippen LogP contribution in [0, 0.1) is 6.92 Å². The van der Waals surface area contributed by atoms with Crippen LogP contribution in [-0.2, 0) is 11.2 Å². The highest BCUT2D eigenvalue weighted by molar-refractivity contribution is 5.73. The van der Waals surface area contributed by atoms with Crippen molar-refractivity contribution in [1.82, 2.24) is 4.98 Å². The SMILES string of the molecule is Cc1ccc(OCCC(N)=O)c(CC(C)N)n1. The molecule has 0 saturated carbocycles. The highest BCUT2D eigenvalue weighted by atomic mass is 16.5. The molecule has 1 aromatic rings. The summed E-state index contributed by atoms with van der Waals surface area (Å²) in [5.41, 5.74) is 12.5. The van der Waals surface area contributed by atoms with Crippen LogP contribution in [0.5, 0.6) is 5.75 Å². The van der Waals surface area contributed by atoms with Crippen molar-refractivity contribution in [3.63, 3.8) is 0 Å². The maximum absolute atomic E-state index is 10.6. The Morgan fingerprint density at radius 3 is 2.82 bits per heavy atom. The lowest BCUT2D eigenvalue weighted by atomic mass is 10.1. The lowest BCUT2D eigenvalue weighted by Crippen LogP contribution is -2.20. The van der Waals surface area contributed by atoms with Gasteiger partial charge >= 0.3 is 0 Å². The van der Waals surface area contributed by atoms with Crippen molar-refractivity contribution in [2.45, 2.75) is 32.7 Å². The molecule has 94 valence electrons. The van der Waals surface area contributed by atoms with Gasteiger partial charge < -0.3 is 16.2 Å². The molecule has 5 heteroatoms. The lowest BCUT2D eigenvalue weighted by molar-refractivity contribution is -0.118. The van der Waals surface area contributed by atoms with E-state index in [9.17, 15) is 4.79 Å². The Hall–Kier alpha value is -1.62. The zero-order chi connectivity index (χ0) is 12.8. The van der Waals surface area contributed by atoms with Gasteiger partial charge in [-0.1, -0.05) is 0 Å². The number of hydrogen-bond donors (Lipinski definition) is 2. The minimum atomic E-state index is -0.376. The Bertz CT molecular complexity index is 391. The first-order valence-electron chi connectivity index (χ1n) is 5.62. The molecule has 4 N–H and O–H groups in total. The second-order valence-electron chi connectivity index (χ2n) is 4.14. The fraction of sp³-hybridized carbons (Fsp3) is 0.500. The normalized spacial score (nSPS) is 12.2. The monoisotopic (exact) mass is 237 g/mol. The number of amides is 1. The van der Waals surface area contributed by atoms with Crippen LogP contribution in [0.2, 0.25) is 0 Å². The van der Waals surface area contributed by atoms with Crippen LogP contribution >= 0.6 is 0 Å². The number of aromatic nitrogens is 1. The standard InChI is InChI=1S/C12H19N3O2/c1-8(13)7-10-11(4-3-9(2)15-10)17-6-5-12(14)16/h3-4,8H,5-7,13H2,1-2H3,(H2,14,16). The Labute approximate surface area is 101 Å². The van der Waals surface area contributed by atoms with E-state index in [2.05, 4.69) is 4.98 Å². The summed E-state index contributed by atoms with van der Waals surface area (Å²) < 4.78 is 5.48. The van der Waals surface area contributed by atoms with Gasteiger partial charge in [-0.2, -0.15) is 0 Å². The molecule has 0 spiro atoms. The predicted molar refractivity (Wildman–Crippen MR) is 65.6 cm³/mol. The number of ether oxygens (including phenoxy) is 1. The third kappa shape index (κ3) is 4.82. The highest BCUT2D eigenvalue weighted by Gasteiger charge is 2.08. The minimum absolute atomic E-state index is 0.0165. The second kappa shape index (κ2) is 6.20. The number of carbonyl (C=O) groups excluding carboxylic acids is 1. The van der Waals surface area contributed by atoms with Crippen LogP contribution in [0.1, 0.15) is 24.7 Å². The van der Waals surface area contributed by atoms with E-state index in [1.54, 1.807) is 0 Å². The molecule has 0 fully saturated rings. The molecule has 0 radical (unpaired) electrons. The largest absolute Gasteiger partial charge is 0.491 e. The maximum atomic E-state index is 10.6. The Morgan fingerprint density at radius 1 is 1.53 bits per heavy atom. The van der Waals surface area contributed by atoms with Crippen molar-refractivity contribution in [1.29, 1.82) is 0 Å². The van der Waals surface area contributed by atoms with Gasteiger partial charge in [-0.25, -0.2) is 0 Å². The molecule has 0 aliphatic rings. The van der Waals surface area contributed by atoms with Crippen molar-refractivity contribution in [2.24, 2.45) is 11.5 Å². The van der Waals surface area contributed by atoms with E-state index in [1.165, 1.54) is 0 Å². The van der Waals surface area contributed by atoms with Crippen molar-refractivity contribution >= 4 is 5.91 Å². The number of primary amides is 1. The molecule has 0 aliphatic heterocycles. The molecule has 1 rings (SSSR count). The fourth-order valence-electron chi connectivity index (χ4n) is 1.44. The van der Waals surface area contributed by atoms with Gasteiger partial charge in [0.1, 0.15) is 5.75 Å².